The highest BCUT2D eigenvalue weighted by atomic mass is 32.2. The maximum atomic E-state index is 12.7. The molecule has 1 heterocycles. The molecule has 0 saturated carbocycles. The molecule has 0 amide bonds. The van der Waals surface area contributed by atoms with Crippen LogP contribution in [0.25, 0.3) is 10.9 Å². The van der Waals surface area contributed by atoms with Gasteiger partial charge in [-0.15, -0.1) is 0 Å². The molecule has 0 fully saturated rings. The fraction of sp³-hybridized carbons (Fsp3) is 0.286. The molecule has 2 aromatic carbocycles. The van der Waals surface area contributed by atoms with Crippen molar-refractivity contribution in [2.75, 3.05) is 11.3 Å². The largest absolute Gasteiger partial charge is 0.311 e. The third-order valence-corrected chi connectivity index (χ3v) is 5.59. The van der Waals surface area contributed by atoms with Crippen LogP contribution in [0.15, 0.2) is 59.5 Å². The Labute approximate surface area is 160 Å². The molecule has 27 heavy (non-hydrogen) atoms. The maximum Gasteiger partial charge on any atom is 0.261 e. The van der Waals surface area contributed by atoms with Gasteiger partial charge >= 0.3 is 0 Å². The number of benzene rings is 2. The third kappa shape index (κ3) is 4.84. The van der Waals surface area contributed by atoms with Crippen molar-refractivity contribution in [2.24, 2.45) is 5.92 Å². The molecule has 0 aliphatic carbocycles. The number of aromatic nitrogens is 1. The fourth-order valence-corrected chi connectivity index (χ4v) is 3.84. The van der Waals surface area contributed by atoms with Crippen molar-refractivity contribution < 1.29 is 8.42 Å². The predicted molar refractivity (Wildman–Crippen MR) is 110 cm³/mol. The van der Waals surface area contributed by atoms with Crippen LogP contribution in [0.2, 0.25) is 0 Å². The summed E-state index contributed by atoms with van der Waals surface area (Å²) in [6.07, 6.45) is 0. The topological polar surface area (TPSA) is 71.1 Å². The van der Waals surface area contributed by atoms with Crippen LogP contribution in [0, 0.1) is 12.8 Å². The molecule has 0 spiro atoms. The second kappa shape index (κ2) is 8.06. The average molecular weight is 384 g/mol. The van der Waals surface area contributed by atoms with Gasteiger partial charge in [0.05, 0.1) is 21.8 Å². The lowest BCUT2D eigenvalue weighted by atomic mass is 10.1. The third-order valence-electron chi connectivity index (χ3n) is 4.21. The zero-order chi connectivity index (χ0) is 19.4. The minimum absolute atomic E-state index is 0.236. The van der Waals surface area contributed by atoms with Crippen LogP contribution in [0.5, 0.6) is 0 Å². The zero-order valence-corrected chi connectivity index (χ0v) is 16.7. The number of rotatable bonds is 7. The number of sulfonamides is 1. The standard InChI is InChI=1S/C21H25N3O2S/c1-15(2)13-22-14-18-10-9-17-5-4-6-20(21(17)23-18)24-27(25,26)19-11-7-16(3)8-12-19/h4-12,15,22,24H,13-14H2,1-3H3. The quantitative estimate of drug-likeness (QED) is 0.645. The SMILES string of the molecule is Cc1ccc(S(=O)(=O)Nc2cccc3ccc(CNCC(C)C)nc23)cc1. The highest BCUT2D eigenvalue weighted by molar-refractivity contribution is 7.92. The Morgan fingerprint density at radius 2 is 1.74 bits per heavy atom. The molecule has 0 bridgehead atoms. The van der Waals surface area contributed by atoms with E-state index in [1.165, 1.54) is 0 Å². The van der Waals surface area contributed by atoms with E-state index < -0.39 is 10.0 Å². The summed E-state index contributed by atoms with van der Waals surface area (Å²) < 4.78 is 28.2. The molecule has 1 aromatic heterocycles. The van der Waals surface area contributed by atoms with Gasteiger partial charge in [-0.2, -0.15) is 0 Å². The number of pyridine rings is 1. The van der Waals surface area contributed by atoms with Crippen LogP contribution in [0.3, 0.4) is 0 Å². The first-order valence-corrected chi connectivity index (χ1v) is 10.5. The Hall–Kier alpha value is -2.44. The molecule has 6 heteroatoms. The molecular weight excluding hydrogens is 358 g/mol. The predicted octanol–water partition coefficient (Wildman–Crippen LogP) is 4.09. The van der Waals surface area contributed by atoms with Crippen LogP contribution >= 0.6 is 0 Å². The summed E-state index contributed by atoms with van der Waals surface area (Å²) in [5.74, 6) is 0.558. The van der Waals surface area contributed by atoms with E-state index in [9.17, 15) is 8.42 Å². The van der Waals surface area contributed by atoms with Crippen molar-refractivity contribution in [3.8, 4) is 0 Å². The molecule has 0 radical (unpaired) electrons. The maximum absolute atomic E-state index is 12.7. The van der Waals surface area contributed by atoms with Crippen molar-refractivity contribution in [2.45, 2.75) is 32.2 Å². The van der Waals surface area contributed by atoms with E-state index in [1.54, 1.807) is 30.3 Å². The van der Waals surface area contributed by atoms with E-state index in [1.807, 2.05) is 31.2 Å². The Bertz CT molecular complexity index is 1030. The van der Waals surface area contributed by atoms with Crippen molar-refractivity contribution in [1.82, 2.24) is 10.3 Å². The zero-order valence-electron chi connectivity index (χ0n) is 15.9. The molecule has 0 unspecified atom stereocenters. The van der Waals surface area contributed by atoms with Gasteiger partial charge in [0.25, 0.3) is 10.0 Å². The Balaban J connectivity index is 1.90. The Morgan fingerprint density at radius 3 is 2.44 bits per heavy atom. The summed E-state index contributed by atoms with van der Waals surface area (Å²) >= 11 is 0. The minimum Gasteiger partial charge on any atom is -0.311 e. The highest BCUT2D eigenvalue weighted by Crippen LogP contribution is 2.25. The van der Waals surface area contributed by atoms with Crippen molar-refractivity contribution in [1.29, 1.82) is 0 Å². The highest BCUT2D eigenvalue weighted by Gasteiger charge is 2.16. The van der Waals surface area contributed by atoms with E-state index in [-0.39, 0.29) is 4.90 Å². The van der Waals surface area contributed by atoms with Crippen molar-refractivity contribution >= 4 is 26.6 Å². The van der Waals surface area contributed by atoms with Gasteiger partial charge in [0.1, 0.15) is 0 Å². The van der Waals surface area contributed by atoms with Crippen LogP contribution in [0.4, 0.5) is 5.69 Å². The molecule has 3 rings (SSSR count). The first kappa shape index (κ1) is 19.3. The summed E-state index contributed by atoms with van der Waals surface area (Å²) in [5.41, 5.74) is 3.03. The molecule has 3 aromatic rings. The summed E-state index contributed by atoms with van der Waals surface area (Å²) in [6.45, 7) is 7.78. The van der Waals surface area contributed by atoms with Crippen LogP contribution < -0.4 is 10.0 Å². The molecule has 5 nitrogen and oxygen atoms in total. The smallest absolute Gasteiger partial charge is 0.261 e. The van der Waals surface area contributed by atoms with Gasteiger partial charge in [-0.1, -0.05) is 49.7 Å². The van der Waals surface area contributed by atoms with E-state index in [0.29, 0.717) is 23.7 Å². The van der Waals surface area contributed by atoms with E-state index in [0.717, 1.165) is 23.2 Å². The normalized spacial score (nSPS) is 11.9. The summed E-state index contributed by atoms with van der Waals surface area (Å²) in [5, 5.41) is 4.26. The second-order valence-corrected chi connectivity index (χ2v) is 8.81. The number of hydrogen-bond donors (Lipinski definition) is 2. The lowest BCUT2D eigenvalue weighted by Gasteiger charge is -2.12. The Kier molecular flexibility index (Phi) is 5.77. The minimum atomic E-state index is -3.67. The number of aryl methyl sites for hydroxylation is 1. The molecule has 0 atom stereocenters. The number of anilines is 1. The summed E-state index contributed by atoms with van der Waals surface area (Å²) in [7, 11) is -3.67. The van der Waals surface area contributed by atoms with Gasteiger partial charge < -0.3 is 5.32 Å². The average Bonchev–Trinajstić information content (AvgIpc) is 2.62. The fourth-order valence-electron chi connectivity index (χ4n) is 2.78. The van der Waals surface area contributed by atoms with E-state index >= 15 is 0 Å². The number of fused-ring (bicyclic) bond motifs is 1. The number of nitrogens with zero attached hydrogens (tertiary/aromatic N) is 1. The number of para-hydroxylation sites is 1. The first-order valence-electron chi connectivity index (χ1n) is 9.04. The van der Waals surface area contributed by atoms with Gasteiger partial charge in [0.15, 0.2) is 0 Å². The molecule has 0 saturated heterocycles. The second-order valence-electron chi connectivity index (χ2n) is 7.12. The molecular formula is C21H25N3O2S. The number of nitrogens with one attached hydrogen (secondary N) is 2. The lowest BCUT2D eigenvalue weighted by molar-refractivity contribution is 0.549. The van der Waals surface area contributed by atoms with Gasteiger partial charge in [-0.05, 0) is 43.7 Å². The van der Waals surface area contributed by atoms with Gasteiger partial charge in [-0.25, -0.2) is 13.4 Å². The number of hydrogen-bond acceptors (Lipinski definition) is 4. The summed E-state index contributed by atoms with van der Waals surface area (Å²) in [6, 6.07) is 16.2. The lowest BCUT2D eigenvalue weighted by Crippen LogP contribution is -2.19. The van der Waals surface area contributed by atoms with Gasteiger partial charge in [-0.3, -0.25) is 4.72 Å². The van der Waals surface area contributed by atoms with E-state index in [4.69, 9.17) is 0 Å². The first-order chi connectivity index (χ1) is 12.8. The Morgan fingerprint density at radius 1 is 1.00 bits per heavy atom. The molecule has 142 valence electrons. The van der Waals surface area contributed by atoms with Gasteiger partial charge in [0.2, 0.25) is 0 Å². The molecule has 0 aliphatic heterocycles. The van der Waals surface area contributed by atoms with Crippen molar-refractivity contribution in [3.05, 3.63) is 65.9 Å². The molecule has 0 aliphatic rings. The summed E-state index contributed by atoms with van der Waals surface area (Å²) in [4.78, 5) is 4.91. The molecule has 2 N–H and O–H groups in total. The van der Waals surface area contributed by atoms with Crippen LogP contribution in [-0.4, -0.2) is 19.9 Å². The van der Waals surface area contributed by atoms with Crippen LogP contribution in [-0.2, 0) is 16.6 Å². The van der Waals surface area contributed by atoms with Crippen molar-refractivity contribution in [3.63, 3.8) is 0 Å². The van der Waals surface area contributed by atoms with E-state index in [2.05, 4.69) is 28.9 Å². The van der Waals surface area contributed by atoms with Gasteiger partial charge in [0, 0.05) is 11.9 Å². The monoisotopic (exact) mass is 383 g/mol. The van der Waals surface area contributed by atoms with Crippen LogP contribution in [0.1, 0.15) is 25.1 Å².